The van der Waals surface area contributed by atoms with Crippen molar-refractivity contribution in [2.24, 2.45) is 17.8 Å². The summed E-state index contributed by atoms with van der Waals surface area (Å²) in [6.45, 7) is 6.61. The van der Waals surface area contributed by atoms with E-state index in [2.05, 4.69) is 27.3 Å². The van der Waals surface area contributed by atoms with Crippen LogP contribution in [0.1, 0.15) is 65.7 Å². The lowest BCUT2D eigenvalue weighted by molar-refractivity contribution is -0.142. The summed E-state index contributed by atoms with van der Waals surface area (Å²) in [5.74, 6) is -1.41. The number of nitrogens with one attached hydrogen (secondary N) is 3. The lowest BCUT2D eigenvalue weighted by Gasteiger charge is -2.33. The fourth-order valence-corrected chi connectivity index (χ4v) is 9.40. The van der Waals surface area contributed by atoms with Crippen molar-refractivity contribution in [1.29, 1.82) is 0 Å². The molecule has 3 N–H and O–H groups in total. The second-order valence-corrected chi connectivity index (χ2v) is 19.0. The number of nitrogens with zero attached hydrogens (tertiary/aromatic N) is 2. The van der Waals surface area contributed by atoms with Crippen molar-refractivity contribution in [2.75, 3.05) is 47.2 Å². The van der Waals surface area contributed by atoms with Crippen LogP contribution >= 0.6 is 0 Å². The zero-order chi connectivity index (χ0) is 42.1. The Kier molecular flexibility index (Phi) is 12.3. The second-order valence-electron chi connectivity index (χ2n) is 16.8. The molecule has 3 aliphatic heterocycles. The molecule has 0 bridgehead atoms. The second kappa shape index (κ2) is 17.1. The molecule has 2 aliphatic carbocycles. The predicted octanol–water partition coefficient (Wildman–Crippen LogP) is 3.00. The molecule has 1 aromatic heterocycles. The van der Waals surface area contributed by atoms with Gasteiger partial charge in [-0.05, 0) is 75.5 Å². The van der Waals surface area contributed by atoms with E-state index in [0.29, 0.717) is 54.6 Å². The van der Waals surface area contributed by atoms with Gasteiger partial charge in [0.2, 0.25) is 27.7 Å². The number of pyridine rings is 1. The summed E-state index contributed by atoms with van der Waals surface area (Å²) >= 11 is 0. The quantitative estimate of drug-likeness (QED) is 0.208. The van der Waals surface area contributed by atoms with Crippen LogP contribution in [-0.4, -0.2) is 124 Å². The van der Waals surface area contributed by atoms with E-state index < -0.39 is 74.3 Å². The maximum atomic E-state index is 14.9. The van der Waals surface area contributed by atoms with Gasteiger partial charge in [-0.3, -0.25) is 19.1 Å². The average Bonchev–Trinajstić information content (AvgIpc) is 4.07. The van der Waals surface area contributed by atoms with Crippen molar-refractivity contribution in [2.45, 2.75) is 100 Å². The molecule has 4 amide bonds. The number of hydrogen-bond acceptors (Lipinski definition) is 13. The van der Waals surface area contributed by atoms with Crippen LogP contribution in [0.5, 0.6) is 17.4 Å². The van der Waals surface area contributed by atoms with Gasteiger partial charge in [0, 0.05) is 30.2 Å². The maximum Gasteiger partial charge on any atom is 0.408 e. The van der Waals surface area contributed by atoms with Crippen LogP contribution in [0.4, 0.5) is 4.79 Å². The number of fused-ring (bicyclic) bond motifs is 3. The smallest absolute Gasteiger partial charge is 0.408 e. The van der Waals surface area contributed by atoms with Crippen LogP contribution in [-0.2, 0) is 38.6 Å². The third-order valence-electron chi connectivity index (χ3n) is 12.2. The predicted molar refractivity (Wildman–Crippen MR) is 213 cm³/mol. The highest BCUT2D eigenvalue weighted by atomic mass is 32.2. The molecule has 18 heteroatoms. The molecule has 4 fully saturated rings. The number of ether oxygens (including phenoxy) is 6. The molecule has 1 aromatic carbocycles. The molecular weight excluding hydrogens is 787 g/mol. The third-order valence-corrected chi connectivity index (χ3v) is 14.4. The number of allylic oxidation sites excluding steroid dienone is 1. The summed E-state index contributed by atoms with van der Waals surface area (Å²) in [6.07, 6.45) is 6.38. The number of carbonyl (C=O) groups excluding carboxylic acids is 4. The molecule has 5 aliphatic rings. The van der Waals surface area contributed by atoms with E-state index in [0.717, 1.165) is 6.42 Å². The van der Waals surface area contributed by atoms with Crippen molar-refractivity contribution in [3.63, 3.8) is 0 Å². The number of sulfonamides is 1. The van der Waals surface area contributed by atoms with Gasteiger partial charge >= 0.3 is 6.09 Å². The highest BCUT2D eigenvalue weighted by molar-refractivity contribution is 7.91. The zero-order valence-corrected chi connectivity index (χ0v) is 35.0. The molecule has 0 unspecified atom stereocenters. The monoisotopic (exact) mass is 841 g/mol. The molecule has 7 atom stereocenters. The minimum absolute atomic E-state index is 0.00106. The first-order chi connectivity index (χ1) is 28.2. The first kappa shape index (κ1) is 42.4. The summed E-state index contributed by atoms with van der Waals surface area (Å²) in [5, 5.41) is 6.96. The molecule has 4 heterocycles. The molecule has 0 spiro atoms. The molecule has 322 valence electrons. The number of amides is 4. The Balaban J connectivity index is 1.21. The first-order valence-corrected chi connectivity index (χ1v) is 21.8. The van der Waals surface area contributed by atoms with Gasteiger partial charge in [0.1, 0.15) is 41.8 Å². The lowest BCUT2D eigenvalue weighted by atomic mass is 9.88. The van der Waals surface area contributed by atoms with Gasteiger partial charge in [-0.2, -0.15) is 0 Å². The van der Waals surface area contributed by atoms with Crippen molar-refractivity contribution in [1.82, 2.24) is 25.2 Å². The third kappa shape index (κ3) is 9.09. The largest absolute Gasteiger partial charge is 0.497 e. The molecule has 2 saturated carbocycles. The number of hydrogen-bond donors (Lipinski definition) is 3. The molecule has 7 rings (SSSR count). The Morgan fingerprint density at radius 2 is 1.85 bits per heavy atom. The van der Waals surface area contributed by atoms with E-state index in [1.165, 1.54) is 11.1 Å². The number of aromatic nitrogens is 1. The first-order valence-electron chi connectivity index (χ1n) is 20.3. The van der Waals surface area contributed by atoms with Gasteiger partial charge in [-0.15, -0.1) is 0 Å². The molecule has 0 radical (unpaired) electrons. The van der Waals surface area contributed by atoms with Gasteiger partial charge in [0.25, 0.3) is 5.91 Å². The van der Waals surface area contributed by atoms with E-state index in [-0.39, 0.29) is 56.9 Å². The minimum atomic E-state index is -4.02. The summed E-state index contributed by atoms with van der Waals surface area (Å²) in [5.41, 5.74) is -1.56. The number of benzene rings is 1. The van der Waals surface area contributed by atoms with Crippen LogP contribution in [0.15, 0.2) is 36.5 Å². The average molecular weight is 842 g/mol. The van der Waals surface area contributed by atoms with Crippen LogP contribution < -0.4 is 29.6 Å². The zero-order valence-electron chi connectivity index (χ0n) is 34.2. The normalized spacial score (nSPS) is 29.9. The Bertz CT molecular complexity index is 2070. The fourth-order valence-electron chi connectivity index (χ4n) is 8.09. The topological polar surface area (TPSA) is 210 Å². The van der Waals surface area contributed by atoms with E-state index in [4.69, 9.17) is 28.4 Å². The molecule has 17 nitrogen and oxygen atoms in total. The Morgan fingerprint density at radius 3 is 2.54 bits per heavy atom. The van der Waals surface area contributed by atoms with Crippen molar-refractivity contribution >= 4 is 44.6 Å². The number of rotatable bonds is 12. The molecule has 2 saturated heterocycles. The van der Waals surface area contributed by atoms with Gasteiger partial charge in [-0.25, -0.2) is 18.2 Å². The van der Waals surface area contributed by atoms with Crippen molar-refractivity contribution in [3.8, 4) is 17.4 Å². The highest BCUT2D eigenvalue weighted by Gasteiger charge is 2.63. The Labute approximate surface area is 344 Å². The van der Waals surface area contributed by atoms with Crippen LogP contribution in [0.2, 0.25) is 0 Å². The van der Waals surface area contributed by atoms with Gasteiger partial charge in [0.15, 0.2) is 6.10 Å². The van der Waals surface area contributed by atoms with Gasteiger partial charge in [0.05, 0.1) is 44.4 Å². The minimum Gasteiger partial charge on any atom is -0.497 e. The standard InChI is InChI=1S/C41H55N5O12S/c1-24-8-6-7-9-26-19-41(26,38(49)45-59(51,52)40(3)12-13-40)44-35(47)32-18-28(21-46(32)37(48)34(25(2)16-24)43-39(50)58-29-22-55-23-29)57-36-30-11-10-27(54-5)17-31(30)33(20-42-36)56-15-14-53-4/h7,9-11,17,20,24-26,28-29,32,34H,6,8,12-16,18-19,21-23H2,1-5H3,(H,43,50)(H,44,47)(H,45,49)/b9-7-/t24-,25+,26+,28+,32-,34-,41+/m0/s1. The van der Waals surface area contributed by atoms with Crippen LogP contribution in [0.25, 0.3) is 10.8 Å². The summed E-state index contributed by atoms with van der Waals surface area (Å²) in [7, 11) is -0.893. The van der Waals surface area contributed by atoms with E-state index >= 15 is 0 Å². The van der Waals surface area contributed by atoms with Crippen LogP contribution in [0.3, 0.4) is 0 Å². The molecule has 2 aromatic rings. The highest BCUT2D eigenvalue weighted by Crippen LogP contribution is 2.48. The number of methoxy groups -OCH3 is 2. The van der Waals surface area contributed by atoms with Crippen LogP contribution in [0, 0.1) is 17.8 Å². The Hall–Kier alpha value is -4.68. The molecular formula is C41H55N5O12S. The lowest BCUT2D eigenvalue weighted by Crippen LogP contribution is -2.59. The van der Waals surface area contributed by atoms with Gasteiger partial charge < -0.3 is 44.0 Å². The number of alkyl carbamates (subject to hydrolysis) is 1. The maximum absolute atomic E-state index is 14.9. The Morgan fingerprint density at radius 1 is 1.07 bits per heavy atom. The molecule has 59 heavy (non-hydrogen) atoms. The van der Waals surface area contributed by atoms with E-state index in [1.54, 1.807) is 39.3 Å². The fraction of sp³-hybridized carbons (Fsp3) is 0.634. The SMILES string of the molecule is COCCOc1cnc(O[C@@H]2C[C@H]3C(=O)N[C@]4(C(=O)NS(=O)(=O)C5(C)CC5)C[C@H]4/C=C\CC[C@H](C)C[C@@H](C)[C@H](NC(=O)OC4COC4)C(=O)N3C2)c2ccc(OC)cc12. The van der Waals surface area contributed by atoms with Crippen molar-refractivity contribution < 1.29 is 56.0 Å². The summed E-state index contributed by atoms with van der Waals surface area (Å²) in [6, 6.07) is 3.09. The van der Waals surface area contributed by atoms with Gasteiger partial charge in [-0.1, -0.05) is 26.0 Å². The van der Waals surface area contributed by atoms with Crippen molar-refractivity contribution in [3.05, 3.63) is 36.5 Å². The summed E-state index contributed by atoms with van der Waals surface area (Å²) < 4.78 is 61.5. The number of carbonyl (C=O) groups is 4. The van der Waals surface area contributed by atoms with E-state index in [9.17, 15) is 27.6 Å². The van der Waals surface area contributed by atoms with E-state index in [1.807, 2.05) is 19.1 Å². The summed E-state index contributed by atoms with van der Waals surface area (Å²) in [4.78, 5) is 62.6.